The molecule has 3 nitrogen and oxygen atoms in total. The molecule has 4 aromatic rings. The van der Waals surface area contributed by atoms with Crippen LogP contribution in [0.5, 0.6) is 5.75 Å². The van der Waals surface area contributed by atoms with Gasteiger partial charge in [0.05, 0.1) is 30.8 Å². The van der Waals surface area contributed by atoms with Crippen molar-refractivity contribution in [2.75, 3.05) is 19.8 Å². The summed E-state index contributed by atoms with van der Waals surface area (Å²) in [6.45, 7) is 1.09. The topological polar surface area (TPSA) is 27.7 Å². The van der Waals surface area contributed by atoms with Gasteiger partial charge in [-0.2, -0.15) is 0 Å². The number of ether oxygens (including phenoxy) is 3. The Labute approximate surface area is 216 Å². The van der Waals surface area contributed by atoms with Gasteiger partial charge in [-0.05, 0) is 65.9 Å². The third-order valence-corrected chi connectivity index (χ3v) is 6.22. The molecule has 0 bridgehead atoms. The van der Waals surface area contributed by atoms with Gasteiger partial charge in [-0.3, -0.25) is 0 Å². The van der Waals surface area contributed by atoms with Crippen LogP contribution in [0.15, 0.2) is 42.5 Å². The van der Waals surface area contributed by atoms with Gasteiger partial charge in [0.2, 0.25) is 0 Å². The van der Waals surface area contributed by atoms with Crippen LogP contribution < -0.4 is 4.74 Å². The Bertz CT molecular complexity index is 1540. The molecule has 0 aromatic heterocycles. The largest absolute Gasteiger partial charge is 0.487 e. The van der Waals surface area contributed by atoms with E-state index < -0.39 is 75.4 Å². The van der Waals surface area contributed by atoms with Crippen LogP contribution in [0.1, 0.15) is 17.4 Å². The van der Waals surface area contributed by atoms with E-state index in [1.54, 1.807) is 0 Å². The van der Waals surface area contributed by atoms with Crippen LogP contribution in [-0.4, -0.2) is 19.8 Å². The summed E-state index contributed by atoms with van der Waals surface area (Å²) >= 11 is 0. The van der Waals surface area contributed by atoms with Crippen LogP contribution in [0, 0.1) is 59.4 Å². The van der Waals surface area contributed by atoms with Gasteiger partial charge in [0.1, 0.15) is 17.5 Å². The highest BCUT2D eigenvalue weighted by atomic mass is 19.2. The van der Waals surface area contributed by atoms with Crippen LogP contribution in [-0.2, 0) is 9.47 Å². The zero-order chi connectivity index (χ0) is 28.0. The molecule has 0 amide bonds. The van der Waals surface area contributed by atoms with Crippen LogP contribution in [0.2, 0.25) is 0 Å². The van der Waals surface area contributed by atoms with Crippen molar-refractivity contribution in [3.8, 4) is 16.9 Å². The Kier molecular flexibility index (Phi) is 7.21. The molecule has 1 fully saturated rings. The lowest BCUT2D eigenvalue weighted by Crippen LogP contribution is -2.31. The van der Waals surface area contributed by atoms with Gasteiger partial charge in [0, 0.05) is 11.5 Å². The van der Waals surface area contributed by atoms with Crippen molar-refractivity contribution in [3.63, 3.8) is 0 Å². The van der Waals surface area contributed by atoms with E-state index in [0.29, 0.717) is 11.6 Å². The van der Waals surface area contributed by atoms with Crippen LogP contribution in [0.4, 0.5) is 35.1 Å². The molecule has 39 heavy (non-hydrogen) atoms. The summed E-state index contributed by atoms with van der Waals surface area (Å²) < 4.78 is 130. The molecular weight excluding hydrogens is 536 g/mol. The molecule has 0 radical (unpaired) electrons. The number of halogens is 8. The number of aryl methyl sites for hydroxylation is 1. The van der Waals surface area contributed by atoms with E-state index in [9.17, 15) is 35.1 Å². The maximum Gasteiger partial charge on any atom is 0.195 e. The van der Waals surface area contributed by atoms with Gasteiger partial charge in [0.15, 0.2) is 41.1 Å². The predicted molar refractivity (Wildman–Crippen MR) is 124 cm³/mol. The lowest BCUT2D eigenvalue weighted by atomic mass is 10.0. The average molecular weight is 554 g/mol. The molecular formula is C28H18F8O3. The monoisotopic (exact) mass is 554 g/mol. The summed E-state index contributed by atoms with van der Waals surface area (Å²) in [7, 11) is 0. The maximum absolute atomic E-state index is 14.6. The van der Waals surface area contributed by atoms with Gasteiger partial charge in [-0.1, -0.05) is 0 Å². The fourth-order valence-electron chi connectivity index (χ4n) is 4.40. The highest BCUT2D eigenvalue weighted by Crippen LogP contribution is 2.35. The third kappa shape index (κ3) is 5.16. The Hall–Kier alpha value is -3.70. The Morgan fingerprint density at radius 3 is 1.92 bits per heavy atom. The zero-order valence-electron chi connectivity index (χ0n) is 20.1. The van der Waals surface area contributed by atoms with Gasteiger partial charge in [-0.25, -0.2) is 35.1 Å². The minimum atomic E-state index is -1.79. The molecule has 0 atom stereocenters. The van der Waals surface area contributed by atoms with Crippen molar-refractivity contribution in [1.29, 1.82) is 0 Å². The molecule has 0 N–H and O–H groups in total. The third-order valence-electron chi connectivity index (χ3n) is 6.22. The number of benzene rings is 4. The minimum absolute atomic E-state index is 0.0580. The SMILES string of the molecule is Cc1cc(F)c(-c2cc(F)c(OCC3COC(c4cc(F)c5c(F)c(F)c(F)cc5c4)OC3)c(F)c2)c(F)c1. The van der Waals surface area contributed by atoms with E-state index in [1.807, 2.05) is 0 Å². The maximum atomic E-state index is 14.6. The fourth-order valence-corrected chi connectivity index (χ4v) is 4.40. The lowest BCUT2D eigenvalue weighted by molar-refractivity contribution is -0.208. The number of fused-ring (bicyclic) bond motifs is 1. The van der Waals surface area contributed by atoms with Crippen molar-refractivity contribution in [3.05, 3.63) is 100 Å². The minimum Gasteiger partial charge on any atom is -0.487 e. The normalized spacial score (nSPS) is 17.6. The van der Waals surface area contributed by atoms with E-state index in [-0.39, 0.29) is 36.3 Å². The van der Waals surface area contributed by atoms with Crippen LogP contribution in [0.3, 0.4) is 0 Å². The quantitative estimate of drug-likeness (QED) is 0.187. The molecule has 0 saturated carbocycles. The fraction of sp³-hybridized carbons (Fsp3) is 0.214. The molecule has 1 aliphatic rings. The number of hydrogen-bond acceptors (Lipinski definition) is 3. The van der Waals surface area contributed by atoms with Crippen molar-refractivity contribution >= 4 is 10.8 Å². The highest BCUT2D eigenvalue weighted by molar-refractivity contribution is 5.84. The van der Waals surface area contributed by atoms with Crippen molar-refractivity contribution < 1.29 is 49.3 Å². The highest BCUT2D eigenvalue weighted by Gasteiger charge is 2.27. The van der Waals surface area contributed by atoms with E-state index >= 15 is 0 Å². The molecule has 0 unspecified atom stereocenters. The van der Waals surface area contributed by atoms with Gasteiger partial charge in [-0.15, -0.1) is 0 Å². The van der Waals surface area contributed by atoms with Gasteiger partial charge in [0.25, 0.3) is 0 Å². The second-order valence-corrected chi connectivity index (χ2v) is 9.14. The summed E-state index contributed by atoms with van der Waals surface area (Å²) in [4.78, 5) is 0. The van der Waals surface area contributed by atoms with Crippen LogP contribution >= 0.6 is 0 Å². The predicted octanol–water partition coefficient (Wildman–Crippen LogP) is 7.67. The first-order valence-electron chi connectivity index (χ1n) is 11.6. The van der Waals surface area contributed by atoms with Crippen molar-refractivity contribution in [2.45, 2.75) is 13.2 Å². The zero-order valence-corrected chi connectivity index (χ0v) is 20.1. The molecule has 1 heterocycles. The van der Waals surface area contributed by atoms with Crippen LogP contribution in [0.25, 0.3) is 21.9 Å². The van der Waals surface area contributed by atoms with E-state index in [4.69, 9.17) is 14.2 Å². The molecule has 11 heteroatoms. The Balaban J connectivity index is 1.26. The molecule has 1 aliphatic heterocycles. The first kappa shape index (κ1) is 26.9. The van der Waals surface area contributed by atoms with Gasteiger partial charge >= 0.3 is 0 Å². The number of hydrogen-bond donors (Lipinski definition) is 0. The first-order chi connectivity index (χ1) is 18.5. The molecule has 4 aromatic carbocycles. The molecule has 204 valence electrons. The molecule has 5 rings (SSSR count). The van der Waals surface area contributed by atoms with E-state index in [1.165, 1.54) is 13.0 Å². The standard InChI is InChI=1S/C28H18F8O3/c1-12-2-17(29)23(18(30)3-12)15-6-21(33)27(22(34)7-15)37-9-13-10-38-28(39-11-13)16-4-14-5-20(32)25(35)26(36)24(14)19(31)8-16/h2-8,13,28H,9-11H2,1H3. The summed E-state index contributed by atoms with van der Waals surface area (Å²) in [5.41, 5.74) is -0.541. The molecule has 1 saturated heterocycles. The Morgan fingerprint density at radius 2 is 1.31 bits per heavy atom. The summed E-state index contributed by atoms with van der Waals surface area (Å²) in [6, 6.07) is 6.30. The smallest absolute Gasteiger partial charge is 0.195 e. The van der Waals surface area contributed by atoms with Gasteiger partial charge < -0.3 is 14.2 Å². The molecule has 0 spiro atoms. The summed E-state index contributed by atoms with van der Waals surface area (Å²) in [5, 5.41) is -0.957. The molecule has 0 aliphatic carbocycles. The first-order valence-corrected chi connectivity index (χ1v) is 11.6. The van der Waals surface area contributed by atoms with Crippen molar-refractivity contribution in [2.24, 2.45) is 5.92 Å². The second kappa shape index (κ2) is 10.5. The average Bonchev–Trinajstić information content (AvgIpc) is 2.86. The lowest BCUT2D eigenvalue weighted by Gasteiger charge is -2.29. The summed E-state index contributed by atoms with van der Waals surface area (Å²) in [6.07, 6.45) is -1.14. The second-order valence-electron chi connectivity index (χ2n) is 9.14. The Morgan fingerprint density at radius 1 is 0.692 bits per heavy atom. The van der Waals surface area contributed by atoms with E-state index in [2.05, 4.69) is 0 Å². The summed E-state index contributed by atoms with van der Waals surface area (Å²) in [5.74, 6) is -11.7. The number of rotatable bonds is 5. The van der Waals surface area contributed by atoms with Crippen molar-refractivity contribution in [1.82, 2.24) is 0 Å². The van der Waals surface area contributed by atoms with E-state index in [0.717, 1.165) is 30.3 Å².